The molecule has 0 saturated heterocycles. The third-order valence-electron chi connectivity index (χ3n) is 5.56. The van der Waals surface area contributed by atoms with Gasteiger partial charge < -0.3 is 29.5 Å². The number of ketones is 1. The van der Waals surface area contributed by atoms with Crippen LogP contribution in [0.15, 0.2) is 23.6 Å². The molecule has 0 radical (unpaired) electrons. The van der Waals surface area contributed by atoms with Gasteiger partial charge in [0.2, 0.25) is 0 Å². The maximum absolute atomic E-state index is 13.0. The second-order valence-electron chi connectivity index (χ2n) is 9.67. The van der Waals surface area contributed by atoms with Gasteiger partial charge in [-0.3, -0.25) is 9.36 Å². The number of hydrogen-bond acceptors (Lipinski definition) is 6. The average molecular weight is 503 g/mol. The maximum atomic E-state index is 13.0. The molecule has 0 bridgehead atoms. The standard InChI is InChI=1S/C23H36ClN2O6P/c1-23(2,3)22-11-15-10-20(32-9-7-8-31-6)17(24)12-16(15)18(25-22)13-19(27)21(14-26(4)5)33(28,29)30/h10,12,14,18,22,25H,7-9,11,13H2,1-6H3,(H2,28,29,30)/b21-14-. The number of rotatable bonds is 10. The molecule has 2 rings (SSSR count). The summed E-state index contributed by atoms with van der Waals surface area (Å²) in [5, 5.41) is 3.44. The van der Waals surface area contributed by atoms with Crippen molar-refractivity contribution in [2.45, 2.75) is 52.1 Å². The summed E-state index contributed by atoms with van der Waals surface area (Å²) in [4.78, 5) is 33.9. The quantitative estimate of drug-likeness (QED) is 0.251. The van der Waals surface area contributed by atoms with Crippen LogP contribution in [-0.2, 0) is 20.5 Å². The second kappa shape index (κ2) is 11.3. The fraction of sp³-hybridized carbons (Fsp3) is 0.609. The van der Waals surface area contributed by atoms with Gasteiger partial charge in [-0.2, -0.15) is 0 Å². The van der Waals surface area contributed by atoms with Gasteiger partial charge in [0.1, 0.15) is 11.1 Å². The molecule has 1 aromatic carbocycles. The number of nitrogens with one attached hydrogen (secondary N) is 1. The Morgan fingerprint density at radius 2 is 1.97 bits per heavy atom. The molecule has 1 aliphatic heterocycles. The molecule has 1 aromatic rings. The van der Waals surface area contributed by atoms with E-state index in [2.05, 4.69) is 26.1 Å². The Balaban J connectivity index is 2.40. The number of hydrogen-bond donors (Lipinski definition) is 3. The third-order valence-corrected chi connectivity index (χ3v) is 6.85. The number of fused-ring (bicyclic) bond motifs is 1. The van der Waals surface area contributed by atoms with Gasteiger partial charge in [-0.15, -0.1) is 0 Å². The molecule has 8 nitrogen and oxygen atoms in total. The van der Waals surface area contributed by atoms with E-state index in [1.807, 2.05) is 6.07 Å². The van der Waals surface area contributed by atoms with Crippen molar-refractivity contribution in [1.82, 2.24) is 10.2 Å². The van der Waals surface area contributed by atoms with Crippen molar-refractivity contribution < 1.29 is 28.6 Å². The summed E-state index contributed by atoms with van der Waals surface area (Å²) in [7, 11) is 0.125. The maximum Gasteiger partial charge on any atom is 0.361 e. The zero-order valence-electron chi connectivity index (χ0n) is 20.2. The van der Waals surface area contributed by atoms with E-state index in [1.165, 1.54) is 11.1 Å². The van der Waals surface area contributed by atoms with Crippen molar-refractivity contribution in [3.63, 3.8) is 0 Å². The van der Waals surface area contributed by atoms with E-state index in [9.17, 15) is 19.1 Å². The monoisotopic (exact) mass is 502 g/mol. The lowest BCUT2D eigenvalue weighted by Gasteiger charge is -2.40. The molecule has 2 unspecified atom stereocenters. The molecule has 10 heteroatoms. The van der Waals surface area contributed by atoms with E-state index < -0.39 is 24.7 Å². The van der Waals surface area contributed by atoms with E-state index in [1.54, 1.807) is 27.3 Å². The topological polar surface area (TPSA) is 108 Å². The Hall–Kier alpha value is -1.41. The summed E-state index contributed by atoms with van der Waals surface area (Å²) in [6.45, 7) is 7.39. The lowest BCUT2D eigenvalue weighted by molar-refractivity contribution is -0.115. The minimum absolute atomic E-state index is 0.0432. The van der Waals surface area contributed by atoms with Crippen molar-refractivity contribution >= 4 is 25.0 Å². The van der Waals surface area contributed by atoms with Crippen molar-refractivity contribution in [1.29, 1.82) is 0 Å². The summed E-state index contributed by atoms with van der Waals surface area (Å²) >= 11 is 6.49. The number of allylic oxidation sites excluding steroid dienone is 1. The Morgan fingerprint density at radius 3 is 2.52 bits per heavy atom. The third kappa shape index (κ3) is 7.81. The van der Waals surface area contributed by atoms with Gasteiger partial charge in [0.05, 0.1) is 11.6 Å². The highest BCUT2D eigenvalue weighted by Crippen LogP contribution is 2.47. The Morgan fingerprint density at radius 1 is 1.30 bits per heavy atom. The zero-order chi connectivity index (χ0) is 25.0. The number of halogens is 1. The van der Waals surface area contributed by atoms with E-state index in [-0.39, 0.29) is 17.9 Å². The van der Waals surface area contributed by atoms with Crippen LogP contribution in [0.2, 0.25) is 5.02 Å². The van der Waals surface area contributed by atoms with Crippen molar-refractivity contribution in [3.05, 3.63) is 39.8 Å². The number of carbonyl (C=O) groups excluding carboxylic acids is 1. The summed E-state index contributed by atoms with van der Waals surface area (Å²) in [5.74, 6) is -0.0272. The Labute approximate surface area is 201 Å². The van der Waals surface area contributed by atoms with Crippen molar-refractivity contribution in [3.8, 4) is 5.75 Å². The molecule has 0 saturated carbocycles. The number of benzene rings is 1. The van der Waals surface area contributed by atoms with Gasteiger partial charge in [-0.25, -0.2) is 0 Å². The van der Waals surface area contributed by atoms with Gasteiger partial charge in [0, 0.05) is 58.9 Å². The van der Waals surface area contributed by atoms with Gasteiger partial charge in [0.25, 0.3) is 0 Å². The highest BCUT2D eigenvalue weighted by Gasteiger charge is 2.37. The molecule has 33 heavy (non-hydrogen) atoms. The molecule has 1 heterocycles. The van der Waals surface area contributed by atoms with E-state index >= 15 is 0 Å². The summed E-state index contributed by atoms with van der Waals surface area (Å²) in [6.07, 6.45) is 2.54. The molecule has 2 atom stereocenters. The number of methoxy groups -OCH3 is 1. The van der Waals surface area contributed by atoms with E-state index in [0.29, 0.717) is 30.4 Å². The molecule has 0 aliphatic carbocycles. The van der Waals surface area contributed by atoms with Crippen LogP contribution in [0.4, 0.5) is 0 Å². The average Bonchev–Trinajstić information content (AvgIpc) is 2.68. The van der Waals surface area contributed by atoms with Crippen LogP contribution < -0.4 is 10.1 Å². The normalized spacial score (nSPS) is 19.2. The largest absolute Gasteiger partial charge is 0.492 e. The number of nitrogens with zero attached hydrogens (tertiary/aromatic N) is 1. The molecular formula is C23H36ClN2O6P. The second-order valence-corrected chi connectivity index (χ2v) is 11.6. The van der Waals surface area contributed by atoms with Crippen LogP contribution in [0.3, 0.4) is 0 Å². The van der Waals surface area contributed by atoms with Crippen molar-refractivity contribution in [2.24, 2.45) is 5.41 Å². The smallest absolute Gasteiger partial charge is 0.361 e. The minimum Gasteiger partial charge on any atom is -0.492 e. The molecule has 0 fully saturated rings. The highest BCUT2D eigenvalue weighted by molar-refractivity contribution is 7.58. The molecule has 0 spiro atoms. The minimum atomic E-state index is -4.74. The van der Waals surface area contributed by atoms with Crippen molar-refractivity contribution in [2.75, 3.05) is 34.4 Å². The van der Waals surface area contributed by atoms with Crippen LogP contribution in [0, 0.1) is 5.41 Å². The zero-order valence-corrected chi connectivity index (χ0v) is 21.9. The van der Waals surface area contributed by atoms with Gasteiger partial charge in [-0.1, -0.05) is 32.4 Å². The van der Waals surface area contributed by atoms with Gasteiger partial charge >= 0.3 is 7.60 Å². The number of carbonyl (C=O) groups is 1. The first-order valence-electron chi connectivity index (χ1n) is 10.9. The first-order valence-corrected chi connectivity index (χ1v) is 12.9. The van der Waals surface area contributed by atoms with E-state index in [0.717, 1.165) is 17.5 Å². The predicted octanol–water partition coefficient (Wildman–Crippen LogP) is 3.90. The number of ether oxygens (including phenoxy) is 2. The molecule has 186 valence electrons. The fourth-order valence-electron chi connectivity index (χ4n) is 3.79. The van der Waals surface area contributed by atoms with Crippen LogP contribution >= 0.6 is 19.2 Å². The van der Waals surface area contributed by atoms with Crippen LogP contribution in [-0.4, -0.2) is 60.9 Å². The molecule has 0 aromatic heterocycles. The molecule has 1 aliphatic rings. The molecular weight excluding hydrogens is 467 g/mol. The highest BCUT2D eigenvalue weighted by atomic mass is 35.5. The number of Topliss-reactive ketones (excluding diaryl/α,β-unsaturated/α-hetero) is 1. The lowest BCUT2D eigenvalue weighted by Crippen LogP contribution is -2.47. The van der Waals surface area contributed by atoms with Gasteiger partial charge in [0.15, 0.2) is 5.78 Å². The Bertz CT molecular complexity index is 922. The first-order chi connectivity index (χ1) is 15.2. The van der Waals surface area contributed by atoms with E-state index in [4.69, 9.17) is 21.1 Å². The summed E-state index contributed by atoms with van der Waals surface area (Å²) in [5.41, 5.74) is 1.74. The Kier molecular flexibility index (Phi) is 9.57. The lowest BCUT2D eigenvalue weighted by atomic mass is 9.77. The van der Waals surface area contributed by atoms with Crippen LogP contribution in [0.25, 0.3) is 0 Å². The molecule has 3 N–H and O–H groups in total. The first kappa shape index (κ1) is 27.8. The summed E-state index contributed by atoms with van der Waals surface area (Å²) in [6, 6.07) is 3.31. The predicted molar refractivity (Wildman–Crippen MR) is 130 cm³/mol. The fourth-order valence-corrected chi connectivity index (χ4v) is 4.81. The summed E-state index contributed by atoms with van der Waals surface area (Å²) < 4.78 is 22.9. The van der Waals surface area contributed by atoms with Gasteiger partial charge in [-0.05, 0) is 35.1 Å². The van der Waals surface area contributed by atoms with Crippen LogP contribution in [0.5, 0.6) is 5.75 Å². The van der Waals surface area contributed by atoms with Crippen LogP contribution in [0.1, 0.15) is 50.8 Å². The SMILES string of the molecule is COCCCOc1cc2c(cc1Cl)C(CC(=O)/C(=C/N(C)C)P(=O)(O)O)NC(C(C)(C)C)C2. The molecule has 0 amide bonds.